The maximum atomic E-state index is 9.00. The Labute approximate surface area is 64.9 Å². The maximum absolute atomic E-state index is 9.00. The van der Waals surface area contributed by atoms with Gasteiger partial charge in [-0.15, -0.1) is 0 Å². The van der Waals surface area contributed by atoms with Gasteiger partial charge in [-0.1, -0.05) is 0 Å². The van der Waals surface area contributed by atoms with Crippen LogP contribution in [0.3, 0.4) is 0 Å². The molecular weight excluding hydrogens is 144 g/mol. The fourth-order valence-corrected chi connectivity index (χ4v) is 0.856. The molecule has 0 saturated carbocycles. The first kappa shape index (κ1) is 8.00. The molecule has 0 aliphatic carbocycles. The lowest BCUT2D eigenvalue weighted by atomic mass is 10.4. The molecule has 1 heterocycles. The van der Waals surface area contributed by atoms with Gasteiger partial charge in [0.25, 0.3) is 0 Å². The molecule has 0 spiro atoms. The van der Waals surface area contributed by atoms with Crippen molar-refractivity contribution in [3.05, 3.63) is 5.82 Å². The second kappa shape index (κ2) is 2.87. The van der Waals surface area contributed by atoms with Crippen molar-refractivity contribution in [3.63, 3.8) is 0 Å². The van der Waals surface area contributed by atoms with Gasteiger partial charge in [-0.3, -0.25) is 0 Å². The molecule has 0 amide bonds. The largest absolute Gasteiger partial charge is 0.391 e. The zero-order valence-electron chi connectivity index (χ0n) is 6.65. The van der Waals surface area contributed by atoms with Crippen LogP contribution in [0.1, 0.15) is 12.7 Å². The van der Waals surface area contributed by atoms with Gasteiger partial charge in [0.2, 0.25) is 5.95 Å². The van der Waals surface area contributed by atoms with E-state index < -0.39 is 6.10 Å². The van der Waals surface area contributed by atoms with Gasteiger partial charge in [-0.2, -0.15) is 10.1 Å². The predicted octanol–water partition coefficient (Wildman–Crippen LogP) is -0.450. The van der Waals surface area contributed by atoms with Crippen LogP contribution in [0, 0.1) is 6.92 Å². The summed E-state index contributed by atoms with van der Waals surface area (Å²) in [6, 6.07) is 0. The van der Waals surface area contributed by atoms with Crippen molar-refractivity contribution in [2.24, 2.45) is 0 Å². The number of hydrogen-bond donors (Lipinski definition) is 2. The highest BCUT2D eigenvalue weighted by molar-refractivity contribution is 5.15. The maximum Gasteiger partial charge on any atom is 0.218 e. The van der Waals surface area contributed by atoms with E-state index in [1.165, 1.54) is 4.68 Å². The molecule has 0 aliphatic rings. The molecule has 1 aromatic heterocycles. The van der Waals surface area contributed by atoms with Crippen LogP contribution >= 0.6 is 0 Å². The quantitative estimate of drug-likeness (QED) is 0.608. The van der Waals surface area contributed by atoms with Crippen molar-refractivity contribution in [3.8, 4) is 0 Å². The second-order valence-electron chi connectivity index (χ2n) is 2.55. The molecule has 3 N–H and O–H groups in total. The van der Waals surface area contributed by atoms with Crippen LogP contribution < -0.4 is 5.73 Å². The molecule has 1 rings (SSSR count). The van der Waals surface area contributed by atoms with E-state index in [2.05, 4.69) is 10.1 Å². The Bertz CT molecular complexity index is 243. The summed E-state index contributed by atoms with van der Waals surface area (Å²) in [7, 11) is 0. The fraction of sp³-hybridized carbons (Fsp3) is 0.667. The van der Waals surface area contributed by atoms with Crippen LogP contribution in [0.2, 0.25) is 0 Å². The highest BCUT2D eigenvalue weighted by Crippen LogP contribution is 1.99. The summed E-state index contributed by atoms with van der Waals surface area (Å²) in [5.41, 5.74) is 5.47. The van der Waals surface area contributed by atoms with E-state index in [4.69, 9.17) is 10.8 Å². The molecule has 11 heavy (non-hydrogen) atoms. The third-order valence-corrected chi connectivity index (χ3v) is 1.24. The number of hydrogen-bond acceptors (Lipinski definition) is 4. The van der Waals surface area contributed by atoms with E-state index >= 15 is 0 Å². The van der Waals surface area contributed by atoms with Gasteiger partial charge in [-0.05, 0) is 13.8 Å². The van der Waals surface area contributed by atoms with Gasteiger partial charge in [0, 0.05) is 0 Å². The lowest BCUT2D eigenvalue weighted by Gasteiger charge is -2.03. The van der Waals surface area contributed by atoms with Crippen molar-refractivity contribution in [2.75, 3.05) is 5.73 Å². The third-order valence-electron chi connectivity index (χ3n) is 1.24. The number of aliphatic hydroxyl groups is 1. The summed E-state index contributed by atoms with van der Waals surface area (Å²) < 4.78 is 1.49. The molecule has 62 valence electrons. The summed E-state index contributed by atoms with van der Waals surface area (Å²) in [5, 5.41) is 13.0. The lowest BCUT2D eigenvalue weighted by molar-refractivity contribution is 0.169. The van der Waals surface area contributed by atoms with Crippen LogP contribution in [0.25, 0.3) is 0 Å². The van der Waals surface area contributed by atoms with Gasteiger partial charge in [0.15, 0.2) is 0 Å². The highest BCUT2D eigenvalue weighted by atomic mass is 16.3. The van der Waals surface area contributed by atoms with Gasteiger partial charge in [0.1, 0.15) is 5.82 Å². The average molecular weight is 156 g/mol. The Balaban J connectivity index is 2.77. The van der Waals surface area contributed by atoms with E-state index in [9.17, 15) is 0 Å². The molecule has 0 radical (unpaired) electrons. The van der Waals surface area contributed by atoms with Crippen LogP contribution in [-0.4, -0.2) is 26.0 Å². The zero-order valence-corrected chi connectivity index (χ0v) is 6.65. The molecule has 1 aromatic rings. The van der Waals surface area contributed by atoms with Crippen molar-refractivity contribution in [1.29, 1.82) is 0 Å². The molecule has 5 heteroatoms. The minimum atomic E-state index is -0.446. The summed E-state index contributed by atoms with van der Waals surface area (Å²) in [5.74, 6) is 0.978. The SMILES string of the molecule is Cc1nc(N)n(CC(C)O)n1. The standard InChI is InChI=1S/C6H12N4O/c1-4(11)3-10-6(7)8-5(2)9-10/h4,11H,3H2,1-2H3,(H2,7,8,9). The first-order valence-corrected chi connectivity index (χ1v) is 3.44. The highest BCUT2D eigenvalue weighted by Gasteiger charge is 2.04. The van der Waals surface area contributed by atoms with Crippen LogP contribution in [0.15, 0.2) is 0 Å². The van der Waals surface area contributed by atoms with E-state index in [0.717, 1.165) is 0 Å². The molecule has 0 fully saturated rings. The third kappa shape index (κ3) is 1.91. The van der Waals surface area contributed by atoms with Crippen molar-refractivity contribution < 1.29 is 5.11 Å². The molecule has 0 aromatic carbocycles. The molecule has 1 atom stereocenters. The predicted molar refractivity (Wildman–Crippen MR) is 40.9 cm³/mol. The van der Waals surface area contributed by atoms with E-state index in [1.54, 1.807) is 13.8 Å². The Morgan fingerprint density at radius 2 is 2.36 bits per heavy atom. The Hall–Kier alpha value is -1.10. The number of anilines is 1. The summed E-state index contributed by atoms with van der Waals surface area (Å²) in [4.78, 5) is 3.88. The molecule has 5 nitrogen and oxygen atoms in total. The number of nitrogens with two attached hydrogens (primary N) is 1. The fourth-order valence-electron chi connectivity index (χ4n) is 0.856. The van der Waals surface area contributed by atoms with Crippen molar-refractivity contribution in [2.45, 2.75) is 26.5 Å². The van der Waals surface area contributed by atoms with Crippen LogP contribution in [0.5, 0.6) is 0 Å². The molecule has 0 aliphatic heterocycles. The Kier molecular flexibility index (Phi) is 2.09. The molecule has 0 bridgehead atoms. The van der Waals surface area contributed by atoms with E-state index in [1.807, 2.05) is 0 Å². The topological polar surface area (TPSA) is 77.0 Å². The monoisotopic (exact) mass is 156 g/mol. The second-order valence-corrected chi connectivity index (χ2v) is 2.55. The van der Waals surface area contributed by atoms with Gasteiger partial charge in [0.05, 0.1) is 12.6 Å². The smallest absolute Gasteiger partial charge is 0.218 e. The summed E-state index contributed by atoms with van der Waals surface area (Å²) >= 11 is 0. The minimum absolute atomic E-state index is 0.350. The first-order chi connectivity index (χ1) is 5.09. The van der Waals surface area contributed by atoms with Gasteiger partial charge < -0.3 is 10.8 Å². The van der Waals surface area contributed by atoms with E-state index in [-0.39, 0.29) is 0 Å². The average Bonchev–Trinajstić information content (AvgIpc) is 2.09. The van der Waals surface area contributed by atoms with Gasteiger partial charge >= 0.3 is 0 Å². The molecule has 1 unspecified atom stereocenters. The van der Waals surface area contributed by atoms with Gasteiger partial charge in [-0.25, -0.2) is 4.68 Å². The van der Waals surface area contributed by atoms with Crippen LogP contribution in [-0.2, 0) is 6.54 Å². The summed E-state index contributed by atoms with van der Waals surface area (Å²) in [6.45, 7) is 3.83. The Morgan fingerprint density at radius 1 is 1.73 bits per heavy atom. The zero-order chi connectivity index (χ0) is 8.43. The number of aryl methyl sites for hydroxylation is 1. The normalized spacial score (nSPS) is 13.4. The molecule has 0 saturated heterocycles. The first-order valence-electron chi connectivity index (χ1n) is 3.44. The number of rotatable bonds is 2. The number of aromatic nitrogens is 3. The minimum Gasteiger partial charge on any atom is -0.391 e. The number of nitrogens with zero attached hydrogens (tertiary/aromatic N) is 3. The number of aliphatic hydroxyl groups excluding tert-OH is 1. The van der Waals surface area contributed by atoms with Crippen molar-refractivity contribution in [1.82, 2.24) is 14.8 Å². The Morgan fingerprint density at radius 3 is 2.73 bits per heavy atom. The molecular formula is C6H12N4O. The summed E-state index contributed by atoms with van der Waals surface area (Å²) in [6.07, 6.45) is -0.446. The van der Waals surface area contributed by atoms with E-state index in [0.29, 0.717) is 18.3 Å². The number of nitrogen functional groups attached to an aromatic ring is 1. The van der Waals surface area contributed by atoms with Crippen molar-refractivity contribution >= 4 is 5.95 Å². The lowest BCUT2D eigenvalue weighted by Crippen LogP contribution is -2.15. The van der Waals surface area contributed by atoms with Crippen LogP contribution in [0.4, 0.5) is 5.95 Å².